The molecule has 0 aromatic heterocycles. The van der Waals surface area contributed by atoms with E-state index in [4.69, 9.17) is 4.74 Å². The Kier molecular flexibility index (Phi) is 4.62. The Balaban J connectivity index is 1.30. The largest absolute Gasteiger partial charge is 0.372 e. The number of hydrogen-bond acceptors (Lipinski definition) is 4. The molecule has 2 saturated heterocycles. The third-order valence-corrected chi connectivity index (χ3v) is 6.83. The van der Waals surface area contributed by atoms with Crippen LogP contribution in [0.3, 0.4) is 0 Å². The molecule has 3 aliphatic rings. The average Bonchev–Trinajstić information content (AvgIpc) is 2.93. The van der Waals surface area contributed by atoms with Crippen molar-refractivity contribution in [1.82, 2.24) is 13.9 Å². The number of hydrogen-bond donors (Lipinski definition) is 1. The van der Waals surface area contributed by atoms with Gasteiger partial charge < -0.3 is 4.74 Å². The van der Waals surface area contributed by atoms with Crippen LogP contribution in [0.1, 0.15) is 24.0 Å². The normalized spacial score (nSPS) is 28.0. The van der Waals surface area contributed by atoms with E-state index in [0.29, 0.717) is 31.8 Å². The quantitative estimate of drug-likeness (QED) is 0.850. The minimum absolute atomic E-state index is 0.346. The maximum atomic E-state index is 12.5. The van der Waals surface area contributed by atoms with Crippen LogP contribution in [-0.4, -0.2) is 62.6 Å². The lowest BCUT2D eigenvalue weighted by Crippen LogP contribution is -2.48. The van der Waals surface area contributed by atoms with Gasteiger partial charge in [-0.3, -0.25) is 4.90 Å². The van der Waals surface area contributed by atoms with Crippen molar-refractivity contribution in [1.29, 1.82) is 0 Å². The second-order valence-corrected chi connectivity index (χ2v) is 8.72. The number of ether oxygens (including phenoxy) is 1. The Hall–Kier alpha value is -0.990. The topological polar surface area (TPSA) is 61.9 Å². The Morgan fingerprint density at radius 1 is 1.12 bits per heavy atom. The molecule has 4 rings (SSSR count). The smallest absolute Gasteiger partial charge is 0.279 e. The predicted octanol–water partition coefficient (Wildman–Crippen LogP) is 0.742. The summed E-state index contributed by atoms with van der Waals surface area (Å²) in [6.45, 7) is 4.08. The van der Waals surface area contributed by atoms with Gasteiger partial charge in [0, 0.05) is 39.3 Å². The molecule has 0 spiro atoms. The first-order valence-electron chi connectivity index (χ1n) is 8.79. The van der Waals surface area contributed by atoms with Crippen LogP contribution in [0.2, 0.25) is 0 Å². The zero-order chi connectivity index (χ0) is 16.6. The van der Waals surface area contributed by atoms with Crippen molar-refractivity contribution in [2.75, 3.05) is 32.7 Å². The van der Waals surface area contributed by atoms with E-state index in [1.165, 1.54) is 5.56 Å². The number of rotatable bonds is 5. The van der Waals surface area contributed by atoms with E-state index in [1.54, 1.807) is 4.31 Å². The summed E-state index contributed by atoms with van der Waals surface area (Å²) in [7, 11) is -3.41. The van der Waals surface area contributed by atoms with Crippen LogP contribution in [0.25, 0.3) is 0 Å². The summed E-state index contributed by atoms with van der Waals surface area (Å²) in [5, 5.41) is 0. The summed E-state index contributed by atoms with van der Waals surface area (Å²) < 4.78 is 35.2. The summed E-state index contributed by atoms with van der Waals surface area (Å²) >= 11 is 0. The maximum Gasteiger partial charge on any atom is 0.279 e. The molecule has 24 heavy (non-hydrogen) atoms. The molecule has 132 valence electrons. The lowest BCUT2D eigenvalue weighted by molar-refractivity contribution is -0.0373. The molecule has 2 bridgehead atoms. The maximum absolute atomic E-state index is 12.5. The number of benzene rings is 1. The molecule has 2 atom stereocenters. The predicted molar refractivity (Wildman–Crippen MR) is 91.8 cm³/mol. The highest BCUT2D eigenvalue weighted by molar-refractivity contribution is 7.87. The van der Waals surface area contributed by atoms with Crippen LogP contribution in [0, 0.1) is 0 Å². The molecular formula is C17H25N3O3S. The van der Waals surface area contributed by atoms with Crippen molar-refractivity contribution in [3.05, 3.63) is 35.4 Å². The van der Waals surface area contributed by atoms with Gasteiger partial charge in [-0.2, -0.15) is 12.7 Å². The number of fused-ring (bicyclic) bond motifs is 3. The van der Waals surface area contributed by atoms with E-state index in [1.807, 2.05) is 18.2 Å². The van der Waals surface area contributed by atoms with E-state index in [-0.39, 0.29) is 0 Å². The summed E-state index contributed by atoms with van der Waals surface area (Å²) in [4.78, 5) is 2.32. The molecule has 0 saturated carbocycles. The summed E-state index contributed by atoms with van der Waals surface area (Å²) in [5.74, 6) is 0. The second-order valence-electron chi connectivity index (χ2n) is 6.97. The van der Waals surface area contributed by atoms with Crippen molar-refractivity contribution < 1.29 is 13.2 Å². The highest BCUT2D eigenvalue weighted by Crippen LogP contribution is 2.26. The first-order chi connectivity index (χ1) is 11.6. The van der Waals surface area contributed by atoms with Gasteiger partial charge in [0.1, 0.15) is 0 Å². The Labute approximate surface area is 144 Å². The van der Waals surface area contributed by atoms with Gasteiger partial charge >= 0.3 is 0 Å². The Morgan fingerprint density at radius 2 is 1.83 bits per heavy atom. The molecule has 0 radical (unpaired) electrons. The first kappa shape index (κ1) is 16.5. The molecule has 2 unspecified atom stereocenters. The monoisotopic (exact) mass is 351 g/mol. The van der Waals surface area contributed by atoms with Gasteiger partial charge in [-0.25, -0.2) is 4.72 Å². The van der Waals surface area contributed by atoms with Crippen LogP contribution in [-0.2, 0) is 27.9 Å². The van der Waals surface area contributed by atoms with Gasteiger partial charge in [0.25, 0.3) is 10.2 Å². The van der Waals surface area contributed by atoms with Crippen LogP contribution >= 0.6 is 0 Å². The zero-order valence-electron chi connectivity index (χ0n) is 13.9. The average molecular weight is 351 g/mol. The molecule has 2 fully saturated rings. The fourth-order valence-electron chi connectivity index (χ4n) is 3.98. The van der Waals surface area contributed by atoms with Crippen molar-refractivity contribution in [3.63, 3.8) is 0 Å². The van der Waals surface area contributed by atoms with Crippen molar-refractivity contribution >= 4 is 10.2 Å². The summed E-state index contributed by atoms with van der Waals surface area (Å²) in [6.07, 6.45) is 3.75. The standard InChI is InChI=1S/C17H25N3O3S/c21-24(22,20-9-7-14-3-1-2-4-15(14)11-20)18-8-10-19-12-16-5-6-17(13-19)23-16/h1-4,16-18H,5-13H2. The number of morpholine rings is 1. The fraction of sp³-hybridized carbons (Fsp3) is 0.647. The third-order valence-electron chi connectivity index (χ3n) is 5.27. The summed E-state index contributed by atoms with van der Waals surface area (Å²) in [6, 6.07) is 8.08. The van der Waals surface area contributed by atoms with Gasteiger partial charge in [-0.15, -0.1) is 0 Å². The molecule has 0 aliphatic carbocycles. The minimum atomic E-state index is -3.41. The third kappa shape index (κ3) is 3.50. The zero-order valence-corrected chi connectivity index (χ0v) is 14.7. The van der Waals surface area contributed by atoms with Crippen LogP contribution in [0.5, 0.6) is 0 Å². The number of nitrogens with zero attached hydrogens (tertiary/aromatic N) is 2. The van der Waals surface area contributed by atoms with E-state index in [2.05, 4.69) is 15.7 Å². The SMILES string of the molecule is O=S(=O)(NCCN1CC2CCC(C1)O2)N1CCc2ccccc2C1. The van der Waals surface area contributed by atoms with Gasteiger partial charge in [0.05, 0.1) is 12.2 Å². The molecule has 6 nitrogen and oxygen atoms in total. The molecule has 7 heteroatoms. The lowest BCUT2D eigenvalue weighted by Gasteiger charge is -2.32. The molecule has 0 amide bonds. The number of nitrogens with one attached hydrogen (secondary N) is 1. The number of likely N-dealkylation sites (tertiary alicyclic amines) is 1. The van der Waals surface area contributed by atoms with Crippen molar-refractivity contribution in [2.24, 2.45) is 0 Å². The Morgan fingerprint density at radius 3 is 2.58 bits per heavy atom. The highest BCUT2D eigenvalue weighted by Gasteiger charge is 2.33. The van der Waals surface area contributed by atoms with E-state index in [9.17, 15) is 8.42 Å². The van der Waals surface area contributed by atoms with Gasteiger partial charge in [-0.1, -0.05) is 24.3 Å². The second kappa shape index (κ2) is 6.72. The van der Waals surface area contributed by atoms with Crippen LogP contribution in [0.4, 0.5) is 0 Å². The molecular weight excluding hydrogens is 326 g/mol. The van der Waals surface area contributed by atoms with Crippen LogP contribution in [0.15, 0.2) is 24.3 Å². The first-order valence-corrected chi connectivity index (χ1v) is 10.2. The van der Waals surface area contributed by atoms with Crippen LogP contribution < -0.4 is 4.72 Å². The van der Waals surface area contributed by atoms with Gasteiger partial charge in [-0.05, 0) is 30.4 Å². The minimum Gasteiger partial charge on any atom is -0.372 e. The van der Waals surface area contributed by atoms with Crippen molar-refractivity contribution in [2.45, 2.75) is 38.0 Å². The molecule has 3 heterocycles. The lowest BCUT2D eigenvalue weighted by atomic mass is 10.0. The van der Waals surface area contributed by atoms with Gasteiger partial charge in [0.15, 0.2) is 0 Å². The fourth-order valence-corrected chi connectivity index (χ4v) is 5.15. The molecule has 1 aromatic carbocycles. The highest BCUT2D eigenvalue weighted by atomic mass is 32.2. The van der Waals surface area contributed by atoms with Gasteiger partial charge in [0.2, 0.25) is 0 Å². The summed E-state index contributed by atoms with van der Waals surface area (Å²) in [5.41, 5.74) is 2.37. The van der Waals surface area contributed by atoms with Crippen molar-refractivity contribution in [3.8, 4) is 0 Å². The van der Waals surface area contributed by atoms with E-state index >= 15 is 0 Å². The Bertz CT molecular complexity index is 682. The molecule has 1 aromatic rings. The van der Waals surface area contributed by atoms with E-state index in [0.717, 1.165) is 44.5 Å². The molecule has 1 N–H and O–H groups in total. The molecule has 3 aliphatic heterocycles. The van der Waals surface area contributed by atoms with E-state index < -0.39 is 10.2 Å².